The van der Waals surface area contributed by atoms with Crippen LogP contribution in [0.1, 0.15) is 39.2 Å². The van der Waals surface area contributed by atoms with Gasteiger partial charge in [-0.3, -0.25) is 4.99 Å². The van der Waals surface area contributed by atoms with E-state index in [0.717, 1.165) is 43.4 Å². The quantitative estimate of drug-likeness (QED) is 0.274. The minimum absolute atomic E-state index is 0. The van der Waals surface area contributed by atoms with E-state index in [1.54, 1.807) is 19.9 Å². The first kappa shape index (κ1) is 26.9. The van der Waals surface area contributed by atoms with Crippen LogP contribution in [0.4, 0.5) is 10.1 Å². The SMILES string of the molecule is CCNC(=NCC(C)(C)NS(C)(=O)=O)NC1CCCN(c2ccc(F)cc2C)C1.I. The molecule has 0 radical (unpaired) electrons. The van der Waals surface area contributed by atoms with E-state index >= 15 is 0 Å². The Morgan fingerprint density at radius 3 is 2.67 bits per heavy atom. The molecule has 1 aliphatic heterocycles. The Morgan fingerprint density at radius 1 is 1.37 bits per heavy atom. The van der Waals surface area contributed by atoms with Gasteiger partial charge >= 0.3 is 0 Å². The number of sulfonamides is 1. The first-order valence-corrected chi connectivity index (χ1v) is 11.9. The second-order valence-electron chi connectivity index (χ2n) is 8.31. The molecule has 1 unspecified atom stereocenters. The Hall–Kier alpha value is -1.14. The fourth-order valence-corrected chi connectivity index (χ4v) is 4.68. The fraction of sp³-hybridized carbons (Fsp3) is 0.650. The Labute approximate surface area is 197 Å². The van der Waals surface area contributed by atoms with Gasteiger partial charge in [-0.2, -0.15) is 0 Å². The van der Waals surface area contributed by atoms with E-state index in [-0.39, 0.29) is 35.8 Å². The molecule has 1 saturated heterocycles. The summed E-state index contributed by atoms with van der Waals surface area (Å²) in [4.78, 5) is 6.86. The maximum atomic E-state index is 13.4. The number of hydrogen-bond donors (Lipinski definition) is 3. The zero-order valence-electron chi connectivity index (χ0n) is 18.5. The van der Waals surface area contributed by atoms with Crippen molar-refractivity contribution in [2.75, 3.05) is 37.3 Å². The molecule has 0 aliphatic carbocycles. The smallest absolute Gasteiger partial charge is 0.209 e. The van der Waals surface area contributed by atoms with Crippen molar-refractivity contribution in [3.63, 3.8) is 0 Å². The standard InChI is InChI=1S/C20H34FN5O2S.HI/c1-6-22-19(23-14-20(3,4)25-29(5,27)28)24-17-8-7-11-26(13-17)18-10-9-16(21)12-15(18)2;/h9-10,12,17,25H,6-8,11,13-14H2,1-5H3,(H2,22,23,24);1H. The average molecular weight is 556 g/mol. The number of anilines is 1. The van der Waals surface area contributed by atoms with Gasteiger partial charge in [0, 0.05) is 36.9 Å². The Morgan fingerprint density at radius 2 is 2.07 bits per heavy atom. The molecule has 1 atom stereocenters. The molecular weight excluding hydrogens is 520 g/mol. The van der Waals surface area contributed by atoms with Gasteiger partial charge < -0.3 is 15.5 Å². The monoisotopic (exact) mass is 555 g/mol. The van der Waals surface area contributed by atoms with Gasteiger partial charge in [0.25, 0.3) is 0 Å². The van der Waals surface area contributed by atoms with Gasteiger partial charge in [-0.05, 0) is 64.3 Å². The number of aliphatic imine (C=N–C) groups is 1. The minimum atomic E-state index is -3.31. The number of benzene rings is 1. The number of guanidine groups is 1. The summed E-state index contributed by atoms with van der Waals surface area (Å²) < 4.78 is 39.1. The number of aryl methyl sites for hydroxylation is 1. The Balaban J connectivity index is 0.00000450. The van der Waals surface area contributed by atoms with Gasteiger partial charge in [-0.1, -0.05) is 0 Å². The summed E-state index contributed by atoms with van der Waals surface area (Å²) in [5.74, 6) is 0.448. The normalized spacial score (nSPS) is 18.0. The number of rotatable bonds is 7. The van der Waals surface area contributed by atoms with Crippen molar-refractivity contribution < 1.29 is 12.8 Å². The van der Waals surface area contributed by atoms with Crippen LogP contribution in [0.25, 0.3) is 0 Å². The second kappa shape index (κ2) is 11.5. The predicted molar refractivity (Wildman–Crippen MR) is 133 cm³/mol. The minimum Gasteiger partial charge on any atom is -0.369 e. The van der Waals surface area contributed by atoms with Crippen molar-refractivity contribution in [2.24, 2.45) is 4.99 Å². The third-order valence-electron chi connectivity index (χ3n) is 4.70. The summed E-state index contributed by atoms with van der Waals surface area (Å²) in [5.41, 5.74) is 1.30. The fourth-order valence-electron chi connectivity index (χ4n) is 3.61. The van der Waals surface area contributed by atoms with E-state index in [1.807, 2.05) is 19.9 Å². The molecule has 1 heterocycles. The van der Waals surface area contributed by atoms with E-state index in [0.29, 0.717) is 19.0 Å². The highest BCUT2D eigenvalue weighted by Gasteiger charge is 2.24. The molecule has 0 saturated carbocycles. The molecule has 0 amide bonds. The summed E-state index contributed by atoms with van der Waals surface area (Å²) in [6.45, 7) is 10.3. The number of hydrogen-bond acceptors (Lipinski definition) is 4. The molecule has 3 N–H and O–H groups in total. The van der Waals surface area contributed by atoms with Crippen LogP contribution in [0.2, 0.25) is 0 Å². The largest absolute Gasteiger partial charge is 0.369 e. The molecule has 1 aliphatic rings. The van der Waals surface area contributed by atoms with Crippen molar-refractivity contribution in [1.29, 1.82) is 0 Å². The third-order valence-corrected chi connectivity index (χ3v) is 5.62. The van der Waals surface area contributed by atoms with Gasteiger partial charge in [0.1, 0.15) is 5.82 Å². The van der Waals surface area contributed by atoms with Crippen LogP contribution in [0, 0.1) is 12.7 Å². The summed E-state index contributed by atoms with van der Waals surface area (Å²) in [6.07, 6.45) is 3.18. The lowest BCUT2D eigenvalue weighted by molar-refractivity contribution is 0.454. The highest BCUT2D eigenvalue weighted by atomic mass is 127. The highest BCUT2D eigenvalue weighted by molar-refractivity contribution is 14.0. The maximum Gasteiger partial charge on any atom is 0.209 e. The van der Waals surface area contributed by atoms with E-state index < -0.39 is 15.6 Å². The summed E-state index contributed by atoms with van der Waals surface area (Å²) in [6, 6.07) is 5.10. The molecule has 0 spiro atoms. The number of nitrogens with one attached hydrogen (secondary N) is 3. The van der Waals surface area contributed by atoms with Crippen molar-refractivity contribution in [1.82, 2.24) is 15.4 Å². The lowest BCUT2D eigenvalue weighted by Crippen LogP contribution is -2.52. The van der Waals surface area contributed by atoms with Crippen LogP contribution >= 0.6 is 24.0 Å². The molecule has 1 aromatic carbocycles. The van der Waals surface area contributed by atoms with Gasteiger partial charge in [-0.15, -0.1) is 24.0 Å². The van der Waals surface area contributed by atoms with Crippen molar-refractivity contribution in [3.05, 3.63) is 29.6 Å². The molecular formula is C20H35FIN5O2S. The molecule has 1 aromatic rings. The molecule has 2 rings (SSSR count). The lowest BCUT2D eigenvalue weighted by atomic mass is 10.0. The number of halogens is 2. The highest BCUT2D eigenvalue weighted by Crippen LogP contribution is 2.24. The van der Waals surface area contributed by atoms with E-state index in [2.05, 4.69) is 25.2 Å². The van der Waals surface area contributed by atoms with Crippen LogP contribution in [0.3, 0.4) is 0 Å². The lowest BCUT2D eigenvalue weighted by Gasteiger charge is -2.36. The molecule has 7 nitrogen and oxygen atoms in total. The van der Waals surface area contributed by atoms with E-state index in [1.165, 1.54) is 6.07 Å². The van der Waals surface area contributed by atoms with E-state index in [9.17, 15) is 12.8 Å². The van der Waals surface area contributed by atoms with Crippen molar-refractivity contribution >= 4 is 45.6 Å². The summed E-state index contributed by atoms with van der Waals surface area (Å²) in [7, 11) is -3.31. The number of nitrogens with zero attached hydrogens (tertiary/aromatic N) is 2. The number of piperidine rings is 1. The van der Waals surface area contributed by atoms with Gasteiger partial charge in [-0.25, -0.2) is 17.5 Å². The molecule has 0 aromatic heterocycles. The zero-order chi connectivity index (χ0) is 21.7. The van der Waals surface area contributed by atoms with Gasteiger partial charge in [0.15, 0.2) is 5.96 Å². The molecule has 30 heavy (non-hydrogen) atoms. The van der Waals surface area contributed by atoms with Crippen LogP contribution in [0.15, 0.2) is 23.2 Å². The average Bonchev–Trinajstić information content (AvgIpc) is 2.58. The van der Waals surface area contributed by atoms with Crippen molar-refractivity contribution in [3.8, 4) is 0 Å². The summed E-state index contributed by atoms with van der Waals surface area (Å²) in [5, 5.41) is 6.70. The van der Waals surface area contributed by atoms with Crippen LogP contribution < -0.4 is 20.3 Å². The third kappa shape index (κ3) is 8.93. The Kier molecular flexibility index (Phi) is 10.3. The maximum absolute atomic E-state index is 13.4. The topological polar surface area (TPSA) is 85.8 Å². The molecule has 1 fully saturated rings. The molecule has 0 bridgehead atoms. The van der Waals surface area contributed by atoms with Crippen LogP contribution in [-0.2, 0) is 10.0 Å². The van der Waals surface area contributed by atoms with Crippen LogP contribution in [0.5, 0.6) is 0 Å². The van der Waals surface area contributed by atoms with Gasteiger partial charge in [0.2, 0.25) is 10.0 Å². The van der Waals surface area contributed by atoms with E-state index in [4.69, 9.17) is 0 Å². The van der Waals surface area contributed by atoms with Crippen LogP contribution in [-0.4, -0.2) is 58.4 Å². The molecule has 10 heteroatoms. The predicted octanol–water partition coefficient (Wildman–Crippen LogP) is 2.60. The first-order chi connectivity index (χ1) is 13.5. The molecule has 172 valence electrons. The first-order valence-electron chi connectivity index (χ1n) is 10.0. The Bertz CT molecular complexity index is 832. The second-order valence-corrected chi connectivity index (χ2v) is 10.1. The summed E-state index contributed by atoms with van der Waals surface area (Å²) >= 11 is 0. The van der Waals surface area contributed by atoms with Gasteiger partial charge in [0.05, 0.1) is 12.8 Å². The van der Waals surface area contributed by atoms with Crippen molar-refractivity contribution in [2.45, 2.75) is 52.1 Å². The zero-order valence-corrected chi connectivity index (χ0v) is 21.6.